The number of nitrogens with one attached hydrogen (secondary N) is 3. The molecular formula is C20H34ClN7O6. The van der Waals surface area contributed by atoms with E-state index in [2.05, 4.69) is 21.2 Å². The summed E-state index contributed by atoms with van der Waals surface area (Å²) in [6.07, 6.45) is 2.75. The van der Waals surface area contributed by atoms with Crippen molar-refractivity contribution in [3.63, 3.8) is 0 Å². The van der Waals surface area contributed by atoms with E-state index in [0.29, 0.717) is 43.6 Å². The Morgan fingerprint density at radius 3 is 2.50 bits per heavy atom. The van der Waals surface area contributed by atoms with Gasteiger partial charge in [0.15, 0.2) is 0 Å². The normalized spacial score (nSPS) is 16.9. The monoisotopic (exact) mass is 503 g/mol. The number of primary amides is 1. The molecule has 0 aliphatic carbocycles. The topological polar surface area (TPSA) is 183 Å². The van der Waals surface area contributed by atoms with Crippen molar-refractivity contribution in [3.05, 3.63) is 4.91 Å². The molecule has 6 amide bonds. The number of amides is 6. The van der Waals surface area contributed by atoms with Crippen LogP contribution in [-0.4, -0.2) is 83.7 Å². The first-order valence-electron chi connectivity index (χ1n) is 11.2. The average Bonchev–Trinajstić information content (AvgIpc) is 3.28. The van der Waals surface area contributed by atoms with Gasteiger partial charge in [-0.15, -0.1) is 16.5 Å². The molecule has 0 aromatic rings. The van der Waals surface area contributed by atoms with Gasteiger partial charge in [0.1, 0.15) is 18.1 Å². The molecule has 0 aromatic heterocycles. The van der Waals surface area contributed by atoms with Crippen LogP contribution in [0.3, 0.4) is 0 Å². The standard InChI is InChI=1S/C20H34ClN7O6/c1-13(2)16(17(22)30)25-18(31)15-7-5-10-27(15)19(32)14(6-3-4-9-23-12-29)24-20(33)28(26-34)11-8-21/h12-16H,3-11H2,1-2H3,(H2,22,30)(H,23,29)(H,24,33)(H,25,31)/t14-,15-,16-/m0/s1. The lowest BCUT2D eigenvalue weighted by molar-refractivity contribution is -0.141. The third-order valence-corrected chi connectivity index (χ3v) is 5.65. The minimum Gasteiger partial charge on any atom is -0.368 e. The van der Waals surface area contributed by atoms with Crippen LogP contribution >= 0.6 is 11.6 Å². The molecule has 0 bridgehead atoms. The third kappa shape index (κ3) is 8.76. The molecule has 0 spiro atoms. The lowest BCUT2D eigenvalue weighted by atomic mass is 10.0. The van der Waals surface area contributed by atoms with Gasteiger partial charge in [0.05, 0.1) is 11.8 Å². The Bertz CT molecular complexity index is 738. The maximum atomic E-state index is 13.4. The first kappa shape index (κ1) is 29.1. The van der Waals surface area contributed by atoms with E-state index in [0.717, 1.165) is 0 Å². The molecule has 5 N–H and O–H groups in total. The second-order valence-electron chi connectivity index (χ2n) is 8.29. The molecule has 0 saturated carbocycles. The third-order valence-electron chi connectivity index (χ3n) is 5.48. The predicted molar refractivity (Wildman–Crippen MR) is 124 cm³/mol. The van der Waals surface area contributed by atoms with E-state index in [9.17, 15) is 28.9 Å². The molecule has 14 heteroatoms. The zero-order chi connectivity index (χ0) is 25.7. The van der Waals surface area contributed by atoms with Crippen molar-refractivity contribution in [2.24, 2.45) is 16.9 Å². The highest BCUT2D eigenvalue weighted by Crippen LogP contribution is 2.21. The van der Waals surface area contributed by atoms with Crippen LogP contribution in [0.25, 0.3) is 0 Å². The van der Waals surface area contributed by atoms with E-state index < -0.39 is 41.9 Å². The summed E-state index contributed by atoms with van der Waals surface area (Å²) in [6, 6.07) is -3.62. The molecule has 34 heavy (non-hydrogen) atoms. The maximum absolute atomic E-state index is 13.4. The van der Waals surface area contributed by atoms with Crippen molar-refractivity contribution in [1.29, 1.82) is 0 Å². The Balaban J connectivity index is 2.97. The molecule has 1 fully saturated rings. The van der Waals surface area contributed by atoms with Crippen LogP contribution < -0.4 is 21.7 Å². The van der Waals surface area contributed by atoms with Gasteiger partial charge in [-0.25, -0.2) is 4.79 Å². The Labute approximate surface area is 203 Å². The number of nitrogens with two attached hydrogens (primary N) is 1. The van der Waals surface area contributed by atoms with Crippen molar-refractivity contribution in [1.82, 2.24) is 25.9 Å². The van der Waals surface area contributed by atoms with Gasteiger partial charge in [0.25, 0.3) is 0 Å². The Morgan fingerprint density at radius 1 is 1.24 bits per heavy atom. The van der Waals surface area contributed by atoms with Crippen LogP contribution in [0.15, 0.2) is 5.29 Å². The second kappa shape index (κ2) is 15.0. The van der Waals surface area contributed by atoms with Gasteiger partial charge in [-0.1, -0.05) is 13.8 Å². The van der Waals surface area contributed by atoms with Crippen molar-refractivity contribution in [2.45, 2.75) is 64.1 Å². The minimum atomic E-state index is -1.03. The van der Waals surface area contributed by atoms with Crippen LogP contribution in [0, 0.1) is 10.8 Å². The smallest absolute Gasteiger partial charge is 0.341 e. The Morgan fingerprint density at radius 2 is 1.94 bits per heavy atom. The van der Waals surface area contributed by atoms with Gasteiger partial charge in [0, 0.05) is 19.0 Å². The van der Waals surface area contributed by atoms with E-state index in [1.165, 1.54) is 4.90 Å². The summed E-state index contributed by atoms with van der Waals surface area (Å²) in [4.78, 5) is 73.1. The molecular weight excluding hydrogens is 470 g/mol. The van der Waals surface area contributed by atoms with Gasteiger partial charge in [-0.05, 0) is 38.0 Å². The van der Waals surface area contributed by atoms with Crippen LogP contribution in [0.5, 0.6) is 0 Å². The number of halogens is 1. The number of hydrogen-bond acceptors (Lipinski definition) is 7. The maximum Gasteiger partial charge on any atom is 0.341 e. The molecule has 1 rings (SSSR count). The minimum absolute atomic E-state index is 0.0274. The molecule has 0 aromatic carbocycles. The summed E-state index contributed by atoms with van der Waals surface area (Å²) in [5.41, 5.74) is 5.38. The zero-order valence-corrected chi connectivity index (χ0v) is 20.3. The van der Waals surface area contributed by atoms with Crippen molar-refractivity contribution < 1.29 is 24.0 Å². The van der Waals surface area contributed by atoms with Gasteiger partial charge < -0.3 is 26.6 Å². The SMILES string of the molecule is CC(C)[C@H](NC(=O)[C@@H]1CCCN1C(=O)[C@H](CCCCNC=O)NC(=O)N(CCCl)N=O)C(N)=O. The number of likely N-dealkylation sites (tertiary alicyclic amines) is 1. The highest BCUT2D eigenvalue weighted by Gasteiger charge is 2.39. The molecule has 1 aliphatic rings. The van der Waals surface area contributed by atoms with Crippen molar-refractivity contribution >= 4 is 41.8 Å². The van der Waals surface area contributed by atoms with Gasteiger partial charge in [0.2, 0.25) is 24.1 Å². The van der Waals surface area contributed by atoms with Crippen molar-refractivity contribution in [3.8, 4) is 0 Å². The van der Waals surface area contributed by atoms with E-state index in [-0.39, 0.29) is 31.3 Å². The zero-order valence-electron chi connectivity index (χ0n) is 19.5. The van der Waals surface area contributed by atoms with E-state index in [1.807, 2.05) is 0 Å². The number of nitrogens with zero attached hydrogens (tertiary/aromatic N) is 3. The molecule has 3 atom stereocenters. The molecule has 1 heterocycles. The molecule has 0 radical (unpaired) electrons. The van der Waals surface area contributed by atoms with E-state index >= 15 is 0 Å². The van der Waals surface area contributed by atoms with E-state index in [4.69, 9.17) is 17.3 Å². The fraction of sp³-hybridized carbons (Fsp3) is 0.750. The van der Waals surface area contributed by atoms with Gasteiger partial charge >= 0.3 is 6.03 Å². The number of carbonyl (C=O) groups is 5. The summed E-state index contributed by atoms with van der Waals surface area (Å²) < 4.78 is 0. The fourth-order valence-electron chi connectivity index (χ4n) is 3.69. The van der Waals surface area contributed by atoms with Crippen LogP contribution in [0.1, 0.15) is 46.0 Å². The summed E-state index contributed by atoms with van der Waals surface area (Å²) in [7, 11) is 0. The molecule has 1 saturated heterocycles. The molecule has 0 unspecified atom stereocenters. The highest BCUT2D eigenvalue weighted by molar-refractivity contribution is 6.18. The number of nitroso groups, excluding NO2 is 1. The first-order valence-corrected chi connectivity index (χ1v) is 11.8. The lowest BCUT2D eigenvalue weighted by Gasteiger charge is -2.30. The van der Waals surface area contributed by atoms with E-state index in [1.54, 1.807) is 13.8 Å². The Hall–Kier alpha value is -2.96. The number of carbonyl (C=O) groups excluding carboxylic acids is 5. The first-order chi connectivity index (χ1) is 16.2. The summed E-state index contributed by atoms with van der Waals surface area (Å²) in [5.74, 6) is -1.93. The molecule has 192 valence electrons. The number of unbranched alkanes of at least 4 members (excludes halogenated alkanes) is 1. The van der Waals surface area contributed by atoms with Crippen LogP contribution in [-0.2, 0) is 19.2 Å². The summed E-state index contributed by atoms with van der Waals surface area (Å²) >= 11 is 5.59. The number of rotatable bonds is 15. The average molecular weight is 504 g/mol. The quantitative estimate of drug-likeness (QED) is 0.0789. The summed E-state index contributed by atoms with van der Waals surface area (Å²) in [6.45, 7) is 4.03. The largest absolute Gasteiger partial charge is 0.368 e. The number of hydrogen-bond donors (Lipinski definition) is 4. The van der Waals surface area contributed by atoms with Gasteiger partial charge in [-0.2, -0.15) is 5.01 Å². The fourth-order valence-corrected chi connectivity index (χ4v) is 3.85. The lowest BCUT2D eigenvalue weighted by Crippen LogP contribution is -2.57. The Kier molecular flexibility index (Phi) is 12.9. The number of urea groups is 1. The molecule has 13 nitrogen and oxygen atoms in total. The van der Waals surface area contributed by atoms with Crippen LogP contribution in [0.2, 0.25) is 0 Å². The van der Waals surface area contributed by atoms with Gasteiger partial charge in [-0.3, -0.25) is 19.2 Å². The molecule has 1 aliphatic heterocycles. The highest BCUT2D eigenvalue weighted by atomic mass is 35.5. The number of alkyl halides is 1. The second-order valence-corrected chi connectivity index (χ2v) is 8.66. The van der Waals surface area contributed by atoms with Crippen molar-refractivity contribution in [2.75, 3.05) is 25.5 Å². The van der Waals surface area contributed by atoms with Crippen LogP contribution in [0.4, 0.5) is 4.79 Å². The summed E-state index contributed by atoms with van der Waals surface area (Å²) in [5, 5.41) is 10.8. The predicted octanol–water partition coefficient (Wildman–Crippen LogP) is -0.180.